The highest BCUT2D eigenvalue weighted by molar-refractivity contribution is 5.94. The summed E-state index contributed by atoms with van der Waals surface area (Å²) < 4.78 is 4.10. The molecule has 29 heavy (non-hydrogen) atoms. The Hall–Kier alpha value is -3.60. The molecule has 1 amide bonds. The van der Waals surface area contributed by atoms with Gasteiger partial charge in [-0.15, -0.1) is 0 Å². The van der Waals surface area contributed by atoms with Gasteiger partial charge in [-0.1, -0.05) is 35.9 Å². The maximum absolute atomic E-state index is 12.9. The highest BCUT2D eigenvalue weighted by Crippen LogP contribution is 2.32. The van der Waals surface area contributed by atoms with Gasteiger partial charge in [0.25, 0.3) is 5.91 Å². The van der Waals surface area contributed by atoms with Crippen LogP contribution in [-0.4, -0.2) is 25.2 Å². The second-order valence-corrected chi connectivity index (χ2v) is 7.57. The largest absolute Gasteiger partial charge is 0.328 e. The Kier molecular flexibility index (Phi) is 4.09. The summed E-state index contributed by atoms with van der Waals surface area (Å²) in [6.45, 7) is 5.29. The third-order valence-electron chi connectivity index (χ3n) is 5.47. The van der Waals surface area contributed by atoms with Gasteiger partial charge in [0.2, 0.25) is 0 Å². The molecule has 0 fully saturated rings. The second kappa shape index (κ2) is 6.78. The van der Waals surface area contributed by atoms with Crippen LogP contribution < -0.4 is 0 Å². The minimum atomic E-state index is 0.0418. The van der Waals surface area contributed by atoms with Crippen LogP contribution in [0.4, 0.5) is 0 Å². The molecular formula is C24H22N4O. The molecule has 5 heteroatoms. The SMILES string of the molecule is Cc1ccc(-n2nc3c(c2-n2cccc2)CN(C(=O)c2ccccc2)C3)c(C)c1. The van der Waals surface area contributed by atoms with Gasteiger partial charge in [0, 0.05) is 23.5 Å². The lowest BCUT2D eigenvalue weighted by Gasteiger charge is -2.18. The predicted molar refractivity (Wildman–Crippen MR) is 112 cm³/mol. The van der Waals surface area contributed by atoms with E-state index < -0.39 is 0 Å². The maximum Gasteiger partial charge on any atom is 0.254 e. The van der Waals surface area contributed by atoms with E-state index in [0.29, 0.717) is 18.7 Å². The lowest BCUT2D eigenvalue weighted by atomic mass is 10.1. The molecule has 0 saturated carbocycles. The number of aromatic nitrogens is 3. The monoisotopic (exact) mass is 382 g/mol. The molecule has 0 atom stereocenters. The van der Waals surface area contributed by atoms with E-state index in [1.807, 2.05) is 64.4 Å². The van der Waals surface area contributed by atoms with Crippen molar-refractivity contribution in [2.24, 2.45) is 0 Å². The summed E-state index contributed by atoms with van der Waals surface area (Å²) in [5.41, 5.74) is 6.24. The fraction of sp³-hybridized carbons (Fsp3) is 0.167. The van der Waals surface area contributed by atoms with Crippen LogP contribution in [0.5, 0.6) is 0 Å². The molecule has 0 spiro atoms. The van der Waals surface area contributed by atoms with Crippen molar-refractivity contribution in [3.8, 4) is 11.5 Å². The van der Waals surface area contributed by atoms with E-state index in [1.165, 1.54) is 11.1 Å². The van der Waals surface area contributed by atoms with Gasteiger partial charge in [0.1, 0.15) is 5.82 Å². The Morgan fingerprint density at radius 3 is 2.41 bits per heavy atom. The molecule has 1 aliphatic heterocycles. The summed E-state index contributed by atoms with van der Waals surface area (Å²) >= 11 is 0. The lowest BCUT2D eigenvalue weighted by Crippen LogP contribution is -2.26. The Balaban J connectivity index is 1.58. The Morgan fingerprint density at radius 1 is 0.931 bits per heavy atom. The zero-order chi connectivity index (χ0) is 20.0. The molecular weight excluding hydrogens is 360 g/mol. The number of carbonyl (C=O) groups excluding carboxylic acids is 1. The van der Waals surface area contributed by atoms with Crippen LogP contribution in [-0.2, 0) is 13.1 Å². The minimum Gasteiger partial charge on any atom is -0.328 e. The van der Waals surface area contributed by atoms with Crippen LogP contribution in [0.1, 0.15) is 32.7 Å². The number of rotatable bonds is 3. The topological polar surface area (TPSA) is 43.1 Å². The first-order valence-electron chi connectivity index (χ1n) is 9.78. The van der Waals surface area contributed by atoms with Gasteiger partial charge in [-0.25, -0.2) is 4.68 Å². The highest BCUT2D eigenvalue weighted by Gasteiger charge is 2.32. The third-order valence-corrected chi connectivity index (χ3v) is 5.47. The summed E-state index contributed by atoms with van der Waals surface area (Å²) in [6.07, 6.45) is 4.05. The van der Waals surface area contributed by atoms with Gasteiger partial charge in [-0.3, -0.25) is 4.79 Å². The Morgan fingerprint density at radius 2 is 1.69 bits per heavy atom. The normalized spacial score (nSPS) is 13.0. The molecule has 0 unspecified atom stereocenters. The molecule has 5 rings (SSSR count). The van der Waals surface area contributed by atoms with E-state index in [0.717, 1.165) is 22.8 Å². The van der Waals surface area contributed by atoms with Gasteiger partial charge in [-0.2, -0.15) is 5.10 Å². The first-order chi connectivity index (χ1) is 14.1. The summed E-state index contributed by atoms with van der Waals surface area (Å²) in [6, 6.07) is 19.9. The zero-order valence-electron chi connectivity index (χ0n) is 16.5. The van der Waals surface area contributed by atoms with Crippen molar-refractivity contribution in [2.75, 3.05) is 0 Å². The van der Waals surface area contributed by atoms with E-state index in [2.05, 4.69) is 36.6 Å². The van der Waals surface area contributed by atoms with Crippen molar-refractivity contribution in [3.63, 3.8) is 0 Å². The molecule has 4 aromatic rings. The van der Waals surface area contributed by atoms with Gasteiger partial charge >= 0.3 is 0 Å². The number of nitrogens with zero attached hydrogens (tertiary/aromatic N) is 4. The fourth-order valence-corrected chi connectivity index (χ4v) is 4.06. The second-order valence-electron chi connectivity index (χ2n) is 7.57. The van der Waals surface area contributed by atoms with Crippen LogP contribution in [0, 0.1) is 13.8 Å². The number of carbonyl (C=O) groups is 1. The molecule has 3 heterocycles. The average molecular weight is 382 g/mol. The number of amides is 1. The average Bonchev–Trinajstić information content (AvgIpc) is 3.44. The van der Waals surface area contributed by atoms with E-state index >= 15 is 0 Å². The van der Waals surface area contributed by atoms with Crippen LogP contribution in [0.2, 0.25) is 0 Å². The molecule has 5 nitrogen and oxygen atoms in total. The van der Waals surface area contributed by atoms with Gasteiger partial charge in [-0.05, 0) is 49.7 Å². The fourth-order valence-electron chi connectivity index (χ4n) is 4.06. The van der Waals surface area contributed by atoms with Crippen LogP contribution in [0.3, 0.4) is 0 Å². The maximum atomic E-state index is 12.9. The van der Waals surface area contributed by atoms with Crippen molar-refractivity contribution in [2.45, 2.75) is 26.9 Å². The van der Waals surface area contributed by atoms with E-state index in [4.69, 9.17) is 5.10 Å². The highest BCUT2D eigenvalue weighted by atomic mass is 16.2. The molecule has 0 N–H and O–H groups in total. The number of fused-ring (bicyclic) bond motifs is 1. The number of hydrogen-bond donors (Lipinski definition) is 0. The molecule has 0 aliphatic carbocycles. The number of benzene rings is 2. The van der Waals surface area contributed by atoms with E-state index in [-0.39, 0.29) is 5.91 Å². The lowest BCUT2D eigenvalue weighted by molar-refractivity contribution is 0.0749. The molecule has 0 radical (unpaired) electrons. The molecule has 0 saturated heterocycles. The predicted octanol–water partition coefficient (Wildman–Crippen LogP) is 4.44. The first-order valence-corrected chi connectivity index (χ1v) is 9.78. The summed E-state index contributed by atoms with van der Waals surface area (Å²) in [7, 11) is 0. The zero-order valence-corrected chi connectivity index (χ0v) is 16.5. The van der Waals surface area contributed by atoms with E-state index in [9.17, 15) is 4.79 Å². The van der Waals surface area contributed by atoms with Crippen molar-refractivity contribution < 1.29 is 4.79 Å². The van der Waals surface area contributed by atoms with Crippen molar-refractivity contribution in [3.05, 3.63) is 101 Å². The summed E-state index contributed by atoms with van der Waals surface area (Å²) in [4.78, 5) is 14.8. The summed E-state index contributed by atoms with van der Waals surface area (Å²) in [5.74, 6) is 1.04. The van der Waals surface area contributed by atoms with Crippen molar-refractivity contribution in [1.29, 1.82) is 0 Å². The molecule has 2 aromatic carbocycles. The molecule has 1 aliphatic rings. The van der Waals surface area contributed by atoms with Crippen LogP contribution >= 0.6 is 0 Å². The third kappa shape index (κ3) is 2.95. The van der Waals surface area contributed by atoms with Crippen LogP contribution in [0.25, 0.3) is 11.5 Å². The van der Waals surface area contributed by atoms with Crippen LogP contribution in [0.15, 0.2) is 73.1 Å². The van der Waals surface area contributed by atoms with Gasteiger partial charge < -0.3 is 9.47 Å². The molecule has 144 valence electrons. The molecule has 2 aromatic heterocycles. The van der Waals surface area contributed by atoms with Crippen molar-refractivity contribution >= 4 is 5.91 Å². The summed E-state index contributed by atoms with van der Waals surface area (Å²) in [5, 5.41) is 4.94. The number of aryl methyl sites for hydroxylation is 2. The first kappa shape index (κ1) is 17.5. The molecule has 0 bridgehead atoms. The minimum absolute atomic E-state index is 0.0418. The standard InChI is InChI=1S/C24H22N4O/c1-17-10-11-22(18(2)14-17)28-23(26-12-6-7-13-26)20-15-27(16-21(20)25-28)24(29)19-8-4-3-5-9-19/h3-14H,15-16H2,1-2H3. The van der Waals surface area contributed by atoms with Crippen molar-refractivity contribution in [1.82, 2.24) is 19.2 Å². The van der Waals surface area contributed by atoms with E-state index in [1.54, 1.807) is 0 Å². The Labute approximate surface area is 169 Å². The Bertz CT molecular complexity index is 1190. The van der Waals surface area contributed by atoms with Gasteiger partial charge in [0.15, 0.2) is 0 Å². The van der Waals surface area contributed by atoms with Gasteiger partial charge in [0.05, 0.1) is 24.5 Å². The quantitative estimate of drug-likeness (QED) is 0.526. The number of hydrogen-bond acceptors (Lipinski definition) is 2. The smallest absolute Gasteiger partial charge is 0.254 e.